The first-order chi connectivity index (χ1) is 20.4. The number of ether oxygens (including phenoxy) is 2. The van der Waals surface area contributed by atoms with Crippen LogP contribution >= 0.6 is 11.6 Å². The average Bonchev–Trinajstić information content (AvgIpc) is 3.92. The molecule has 2 aliphatic carbocycles. The number of hydrogen-bond acceptors (Lipinski definition) is 5. The second kappa shape index (κ2) is 10.9. The Hall–Kier alpha value is -4.16. The van der Waals surface area contributed by atoms with Gasteiger partial charge in [0.25, 0.3) is 5.91 Å². The van der Waals surface area contributed by atoms with Crippen LogP contribution in [0.15, 0.2) is 72.8 Å². The Bertz CT molecular complexity index is 1670. The average molecular weight is 579 g/mol. The molecule has 212 valence electrons. The predicted molar refractivity (Wildman–Crippen MR) is 163 cm³/mol. The van der Waals surface area contributed by atoms with Gasteiger partial charge in [-0.05, 0) is 111 Å². The third kappa shape index (κ3) is 5.39. The lowest BCUT2D eigenvalue weighted by Crippen LogP contribution is -2.21. The van der Waals surface area contributed by atoms with Gasteiger partial charge in [-0.3, -0.25) is 9.59 Å². The third-order valence-corrected chi connectivity index (χ3v) is 8.57. The maximum Gasteiger partial charge on any atom is 0.256 e. The maximum atomic E-state index is 13.1. The molecule has 1 unspecified atom stereocenters. The highest BCUT2D eigenvalue weighted by Gasteiger charge is 2.40. The Kier molecular flexibility index (Phi) is 6.95. The lowest BCUT2D eigenvalue weighted by atomic mass is 9.85. The molecule has 0 bridgehead atoms. The van der Waals surface area contributed by atoms with E-state index in [0.717, 1.165) is 66.0 Å². The molecule has 7 heteroatoms. The minimum absolute atomic E-state index is 0.114. The summed E-state index contributed by atoms with van der Waals surface area (Å²) in [7, 11) is 0. The van der Waals surface area contributed by atoms with Crippen LogP contribution in [0.5, 0.6) is 17.2 Å². The summed E-state index contributed by atoms with van der Waals surface area (Å²) in [6.45, 7) is 2.22. The van der Waals surface area contributed by atoms with Gasteiger partial charge < -0.3 is 14.8 Å². The number of nitrogens with one attached hydrogen (secondary N) is 1. The van der Waals surface area contributed by atoms with Crippen molar-refractivity contribution in [2.24, 2.45) is 0 Å². The van der Waals surface area contributed by atoms with Gasteiger partial charge in [0, 0.05) is 33.2 Å². The molecule has 2 heterocycles. The zero-order chi connectivity index (χ0) is 28.8. The summed E-state index contributed by atoms with van der Waals surface area (Å²) in [6.07, 6.45) is 5.16. The minimum atomic E-state index is -0.253. The molecule has 3 aromatic carbocycles. The molecule has 6 nitrogen and oxygen atoms in total. The highest BCUT2D eigenvalue weighted by atomic mass is 35.5. The van der Waals surface area contributed by atoms with Crippen molar-refractivity contribution in [1.82, 2.24) is 4.98 Å². The molecule has 0 radical (unpaired) electrons. The lowest BCUT2D eigenvalue weighted by molar-refractivity contribution is -0.119. The monoisotopic (exact) mass is 578 g/mol. The predicted octanol–water partition coefficient (Wildman–Crippen LogP) is 8.66. The second-order valence-corrected chi connectivity index (χ2v) is 11.9. The lowest BCUT2D eigenvalue weighted by Gasteiger charge is -2.29. The topological polar surface area (TPSA) is 77.5 Å². The number of halogens is 1. The van der Waals surface area contributed by atoms with Gasteiger partial charge in [0.15, 0.2) is 0 Å². The molecule has 1 N–H and O–H groups in total. The number of hydrogen-bond donors (Lipinski definition) is 1. The van der Waals surface area contributed by atoms with E-state index in [1.54, 1.807) is 25.1 Å². The fourth-order valence-corrected chi connectivity index (χ4v) is 5.94. The van der Waals surface area contributed by atoms with E-state index in [4.69, 9.17) is 21.1 Å². The first-order valence-electron chi connectivity index (χ1n) is 14.6. The highest BCUT2D eigenvalue weighted by Crippen LogP contribution is 2.58. The number of ketones is 1. The standard InChI is InChI=1S/C35H31ClN2O4/c1-20(39)27-17-18-41-33-29(27)19-28(21-5-6-21)34(32(33)23-7-8-23)42-26-15-11-24(12-16-26)35(40)38-31-4-2-3-30(37-31)22-9-13-25(36)14-10-22/h2-4,9-16,19,21,23,27H,5-8,17-18H2,1H3,(H,37,38,40). The van der Waals surface area contributed by atoms with Crippen LogP contribution < -0.4 is 14.8 Å². The van der Waals surface area contributed by atoms with E-state index in [1.165, 1.54) is 5.56 Å². The number of nitrogens with zero attached hydrogens (tertiary/aromatic N) is 1. The Morgan fingerprint density at radius 1 is 0.905 bits per heavy atom. The number of carbonyl (C=O) groups excluding carboxylic acids is 2. The van der Waals surface area contributed by atoms with Crippen LogP contribution in [0.2, 0.25) is 5.02 Å². The second-order valence-electron chi connectivity index (χ2n) is 11.5. The summed E-state index contributed by atoms with van der Waals surface area (Å²) >= 11 is 6.01. The Labute approximate surface area is 250 Å². The normalized spacial score (nSPS) is 17.6. The Morgan fingerprint density at radius 2 is 1.64 bits per heavy atom. The molecule has 7 rings (SSSR count). The van der Waals surface area contributed by atoms with E-state index in [-0.39, 0.29) is 17.6 Å². The van der Waals surface area contributed by atoms with E-state index in [2.05, 4.69) is 16.4 Å². The number of carbonyl (C=O) groups is 2. The van der Waals surface area contributed by atoms with Crippen LogP contribution in [-0.2, 0) is 4.79 Å². The number of rotatable bonds is 8. The van der Waals surface area contributed by atoms with Crippen molar-refractivity contribution in [3.05, 3.63) is 100 Å². The van der Waals surface area contributed by atoms with Crippen LogP contribution in [0.4, 0.5) is 5.82 Å². The summed E-state index contributed by atoms with van der Waals surface area (Å²) < 4.78 is 12.8. The smallest absolute Gasteiger partial charge is 0.256 e. The molecule has 2 fully saturated rings. The number of fused-ring (bicyclic) bond motifs is 1. The molecule has 1 atom stereocenters. The van der Waals surface area contributed by atoms with Gasteiger partial charge in [-0.15, -0.1) is 0 Å². The quantitative estimate of drug-likeness (QED) is 0.226. The summed E-state index contributed by atoms with van der Waals surface area (Å²) in [5.41, 5.74) is 5.50. The molecule has 0 saturated heterocycles. The Balaban J connectivity index is 1.13. The fourth-order valence-electron chi connectivity index (χ4n) is 5.81. The van der Waals surface area contributed by atoms with Gasteiger partial charge in [-0.1, -0.05) is 29.8 Å². The van der Waals surface area contributed by atoms with Crippen molar-refractivity contribution in [3.63, 3.8) is 0 Å². The molecule has 3 aliphatic rings. The molecule has 0 spiro atoms. The maximum absolute atomic E-state index is 13.1. The summed E-state index contributed by atoms with van der Waals surface area (Å²) in [6, 6.07) is 22.3. The van der Waals surface area contributed by atoms with Gasteiger partial charge >= 0.3 is 0 Å². The summed E-state index contributed by atoms with van der Waals surface area (Å²) in [5, 5.41) is 3.56. The van der Waals surface area contributed by atoms with Crippen LogP contribution in [0.25, 0.3) is 11.3 Å². The largest absolute Gasteiger partial charge is 0.493 e. The molecule has 4 aromatic rings. The highest BCUT2D eigenvalue weighted by molar-refractivity contribution is 6.30. The number of anilines is 1. The zero-order valence-electron chi connectivity index (χ0n) is 23.4. The number of amides is 1. The number of aromatic nitrogens is 1. The van der Waals surface area contributed by atoms with Crippen molar-refractivity contribution in [3.8, 4) is 28.5 Å². The van der Waals surface area contributed by atoms with Crippen molar-refractivity contribution in [1.29, 1.82) is 0 Å². The molecule has 2 saturated carbocycles. The summed E-state index contributed by atoms with van der Waals surface area (Å²) in [5.74, 6) is 3.52. The van der Waals surface area contributed by atoms with E-state index in [9.17, 15) is 9.59 Å². The van der Waals surface area contributed by atoms with Crippen LogP contribution in [-0.4, -0.2) is 23.3 Å². The minimum Gasteiger partial charge on any atom is -0.493 e. The van der Waals surface area contributed by atoms with Gasteiger partial charge in [0.05, 0.1) is 12.3 Å². The van der Waals surface area contributed by atoms with Crippen molar-refractivity contribution in [2.75, 3.05) is 11.9 Å². The van der Waals surface area contributed by atoms with Crippen molar-refractivity contribution in [2.45, 2.75) is 56.8 Å². The van der Waals surface area contributed by atoms with Gasteiger partial charge in [0.2, 0.25) is 0 Å². The molecule has 1 aromatic heterocycles. The van der Waals surface area contributed by atoms with E-state index < -0.39 is 0 Å². The third-order valence-electron chi connectivity index (χ3n) is 8.31. The first kappa shape index (κ1) is 26.7. The number of pyridine rings is 1. The molecular formula is C35H31ClN2O4. The van der Waals surface area contributed by atoms with Gasteiger partial charge in [-0.25, -0.2) is 4.98 Å². The summed E-state index contributed by atoms with van der Waals surface area (Å²) in [4.78, 5) is 30.2. The van der Waals surface area contributed by atoms with E-state index in [1.807, 2.05) is 48.5 Å². The van der Waals surface area contributed by atoms with Crippen LogP contribution in [0.1, 0.15) is 83.8 Å². The van der Waals surface area contributed by atoms with Crippen LogP contribution in [0.3, 0.4) is 0 Å². The molecule has 42 heavy (non-hydrogen) atoms. The Morgan fingerprint density at radius 3 is 2.33 bits per heavy atom. The zero-order valence-corrected chi connectivity index (χ0v) is 24.1. The number of Topliss-reactive ketones (excluding diaryl/α,β-unsaturated/α-hetero) is 1. The van der Waals surface area contributed by atoms with Crippen molar-refractivity contribution < 1.29 is 19.1 Å². The van der Waals surface area contributed by atoms with E-state index >= 15 is 0 Å². The first-order valence-corrected chi connectivity index (χ1v) is 15.0. The fraction of sp³-hybridized carbons (Fsp3) is 0.286. The van der Waals surface area contributed by atoms with Gasteiger partial charge in [-0.2, -0.15) is 0 Å². The van der Waals surface area contributed by atoms with Crippen LogP contribution in [0, 0.1) is 0 Å². The molecule has 1 amide bonds. The molecule has 1 aliphatic heterocycles. The SMILES string of the molecule is CC(=O)C1CCOc2c1cc(C1CC1)c(Oc1ccc(C(=O)Nc3cccc(-c4ccc(Cl)cc4)n3)cc1)c2C1CC1. The number of benzene rings is 3. The molecular weight excluding hydrogens is 548 g/mol. The van der Waals surface area contributed by atoms with Gasteiger partial charge in [0.1, 0.15) is 28.8 Å². The van der Waals surface area contributed by atoms with Crippen molar-refractivity contribution >= 4 is 29.1 Å². The van der Waals surface area contributed by atoms with E-state index in [0.29, 0.717) is 40.6 Å².